The Balaban J connectivity index is 1.58. The van der Waals surface area contributed by atoms with Gasteiger partial charge in [-0.1, -0.05) is 36.4 Å². The van der Waals surface area contributed by atoms with Crippen LogP contribution in [0.15, 0.2) is 54.6 Å². The summed E-state index contributed by atoms with van der Waals surface area (Å²) in [6, 6.07) is 18.2. The van der Waals surface area contributed by atoms with E-state index in [2.05, 4.69) is 67.6 Å². The number of carbonyl (C=O) groups excluding carboxylic acids is 1. The first kappa shape index (κ1) is 19.9. The molecule has 4 rings (SSSR count). The molecule has 0 bridgehead atoms. The SMILES string of the molecule is Cc1cc(-c2cccc(C)c2C)ccc1OCc1c(C)cccc1N1NNNC1=O. The van der Waals surface area contributed by atoms with Crippen LogP contribution in [0.1, 0.15) is 27.8 Å². The van der Waals surface area contributed by atoms with Gasteiger partial charge in [0.25, 0.3) is 0 Å². The first-order chi connectivity index (χ1) is 14.5. The molecule has 1 aliphatic heterocycles. The maximum atomic E-state index is 12.0. The maximum absolute atomic E-state index is 12.0. The molecule has 6 nitrogen and oxygen atoms in total. The van der Waals surface area contributed by atoms with E-state index in [1.807, 2.05) is 31.2 Å². The second-order valence-corrected chi connectivity index (χ2v) is 7.59. The van der Waals surface area contributed by atoms with Crippen molar-refractivity contribution in [1.29, 1.82) is 0 Å². The quantitative estimate of drug-likeness (QED) is 0.583. The molecule has 0 radical (unpaired) electrons. The van der Waals surface area contributed by atoms with Gasteiger partial charge in [0.2, 0.25) is 0 Å². The number of ether oxygens (including phenoxy) is 1. The van der Waals surface area contributed by atoms with Crippen LogP contribution in [0, 0.1) is 27.7 Å². The summed E-state index contributed by atoms with van der Waals surface area (Å²) in [7, 11) is 0. The van der Waals surface area contributed by atoms with E-state index in [4.69, 9.17) is 4.74 Å². The minimum Gasteiger partial charge on any atom is -0.489 e. The van der Waals surface area contributed by atoms with Gasteiger partial charge in [0, 0.05) is 5.56 Å². The zero-order valence-electron chi connectivity index (χ0n) is 17.7. The zero-order chi connectivity index (χ0) is 21.3. The summed E-state index contributed by atoms with van der Waals surface area (Å²) in [6.07, 6.45) is 0. The lowest BCUT2D eigenvalue weighted by molar-refractivity contribution is 0.250. The number of amides is 2. The molecule has 2 amide bonds. The molecule has 0 atom stereocenters. The highest BCUT2D eigenvalue weighted by Gasteiger charge is 2.24. The van der Waals surface area contributed by atoms with Crippen LogP contribution in [0.5, 0.6) is 5.75 Å². The fraction of sp³-hybridized carbons (Fsp3) is 0.208. The zero-order valence-corrected chi connectivity index (χ0v) is 17.7. The van der Waals surface area contributed by atoms with Crippen LogP contribution in [0.25, 0.3) is 11.1 Å². The van der Waals surface area contributed by atoms with Gasteiger partial charge >= 0.3 is 6.03 Å². The molecule has 3 aromatic rings. The van der Waals surface area contributed by atoms with Crippen LogP contribution in [0.3, 0.4) is 0 Å². The number of hydrazine groups is 3. The number of benzene rings is 3. The Hall–Kier alpha value is -3.35. The number of nitrogens with zero attached hydrogens (tertiary/aromatic N) is 1. The minimum absolute atomic E-state index is 0.268. The van der Waals surface area contributed by atoms with Crippen molar-refractivity contribution in [1.82, 2.24) is 16.5 Å². The molecule has 3 aromatic carbocycles. The van der Waals surface area contributed by atoms with E-state index in [9.17, 15) is 4.79 Å². The highest BCUT2D eigenvalue weighted by molar-refractivity contribution is 5.93. The van der Waals surface area contributed by atoms with Gasteiger partial charge in [-0.2, -0.15) is 0 Å². The average molecular weight is 402 g/mol. The van der Waals surface area contributed by atoms with E-state index in [1.165, 1.54) is 27.3 Å². The Morgan fingerprint density at radius 3 is 2.40 bits per heavy atom. The molecule has 30 heavy (non-hydrogen) atoms. The number of urea groups is 1. The summed E-state index contributed by atoms with van der Waals surface area (Å²) in [5.41, 5.74) is 16.8. The average Bonchev–Trinajstić information content (AvgIpc) is 3.15. The number of aryl methyl sites for hydroxylation is 3. The molecule has 1 saturated heterocycles. The Labute approximate surface area is 176 Å². The molecule has 0 aliphatic carbocycles. The van der Waals surface area contributed by atoms with Crippen molar-refractivity contribution in [2.45, 2.75) is 34.3 Å². The van der Waals surface area contributed by atoms with Crippen LogP contribution < -0.4 is 26.2 Å². The third-order valence-electron chi connectivity index (χ3n) is 5.63. The lowest BCUT2D eigenvalue weighted by Gasteiger charge is -2.20. The largest absolute Gasteiger partial charge is 0.489 e. The molecular formula is C24H26N4O2. The maximum Gasteiger partial charge on any atom is 0.353 e. The summed E-state index contributed by atoms with van der Waals surface area (Å²) in [5, 5.41) is 1.43. The second kappa shape index (κ2) is 8.18. The summed E-state index contributed by atoms with van der Waals surface area (Å²) >= 11 is 0. The highest BCUT2D eigenvalue weighted by Crippen LogP contribution is 2.31. The van der Waals surface area contributed by atoms with Crippen molar-refractivity contribution in [2.24, 2.45) is 0 Å². The molecule has 6 heteroatoms. The number of carbonyl (C=O) groups is 1. The third kappa shape index (κ3) is 3.75. The molecule has 1 heterocycles. The van der Waals surface area contributed by atoms with Crippen molar-refractivity contribution in [2.75, 3.05) is 5.01 Å². The molecule has 1 fully saturated rings. The van der Waals surface area contributed by atoms with Gasteiger partial charge < -0.3 is 4.74 Å². The monoisotopic (exact) mass is 402 g/mol. The summed E-state index contributed by atoms with van der Waals surface area (Å²) in [4.78, 5) is 12.0. The van der Waals surface area contributed by atoms with Crippen LogP contribution in [0.2, 0.25) is 0 Å². The smallest absolute Gasteiger partial charge is 0.353 e. The third-order valence-corrected chi connectivity index (χ3v) is 5.63. The molecule has 0 spiro atoms. The van der Waals surface area contributed by atoms with Gasteiger partial charge in [0.15, 0.2) is 0 Å². The molecule has 0 saturated carbocycles. The predicted octanol–water partition coefficient (Wildman–Crippen LogP) is 4.62. The standard InChI is InChI=1S/C24H26N4O2/c1-15-7-5-9-20(18(15)4)19-11-12-23(17(3)13-19)30-14-21-16(2)8-6-10-22(21)28-24(29)25-26-27-28/h5-13,26-27H,14H2,1-4H3,(H,25,29). The van der Waals surface area contributed by atoms with Gasteiger partial charge in [-0.05, 0) is 79.3 Å². The van der Waals surface area contributed by atoms with Gasteiger partial charge in [-0.3, -0.25) is 5.43 Å². The Morgan fingerprint density at radius 1 is 0.900 bits per heavy atom. The van der Waals surface area contributed by atoms with Gasteiger partial charge in [0.05, 0.1) is 5.69 Å². The van der Waals surface area contributed by atoms with Gasteiger partial charge in [-0.15, -0.1) is 11.1 Å². The van der Waals surface area contributed by atoms with E-state index < -0.39 is 0 Å². The topological polar surface area (TPSA) is 65.6 Å². The fourth-order valence-corrected chi connectivity index (χ4v) is 3.69. The number of hydrogen-bond acceptors (Lipinski definition) is 4. The molecule has 0 aromatic heterocycles. The first-order valence-corrected chi connectivity index (χ1v) is 9.95. The summed E-state index contributed by atoms with van der Waals surface area (Å²) in [5.74, 6) is 0.829. The molecule has 3 N–H and O–H groups in total. The lowest BCUT2D eigenvalue weighted by atomic mass is 9.96. The highest BCUT2D eigenvalue weighted by atomic mass is 16.5. The van der Waals surface area contributed by atoms with Crippen molar-refractivity contribution >= 4 is 11.7 Å². The van der Waals surface area contributed by atoms with E-state index in [-0.39, 0.29) is 6.03 Å². The van der Waals surface area contributed by atoms with E-state index in [0.717, 1.165) is 28.1 Å². The summed E-state index contributed by atoms with van der Waals surface area (Å²) < 4.78 is 6.18. The van der Waals surface area contributed by atoms with E-state index >= 15 is 0 Å². The molecule has 154 valence electrons. The van der Waals surface area contributed by atoms with Crippen LogP contribution in [0.4, 0.5) is 10.5 Å². The Kier molecular flexibility index (Phi) is 5.44. The van der Waals surface area contributed by atoms with Gasteiger partial charge in [-0.25, -0.2) is 9.80 Å². The molecular weight excluding hydrogens is 376 g/mol. The van der Waals surface area contributed by atoms with Crippen molar-refractivity contribution in [3.63, 3.8) is 0 Å². The first-order valence-electron chi connectivity index (χ1n) is 9.95. The summed E-state index contributed by atoms with van der Waals surface area (Å²) in [6.45, 7) is 8.72. The fourth-order valence-electron chi connectivity index (χ4n) is 3.69. The van der Waals surface area contributed by atoms with Crippen molar-refractivity contribution in [3.8, 4) is 16.9 Å². The normalized spacial score (nSPS) is 13.5. The van der Waals surface area contributed by atoms with E-state index in [1.54, 1.807) is 0 Å². The number of anilines is 1. The lowest BCUT2D eigenvalue weighted by Crippen LogP contribution is -2.38. The van der Waals surface area contributed by atoms with Crippen LogP contribution in [-0.2, 0) is 6.61 Å². The Morgan fingerprint density at radius 2 is 1.67 bits per heavy atom. The van der Waals surface area contributed by atoms with Crippen LogP contribution in [-0.4, -0.2) is 6.03 Å². The Bertz CT molecular complexity index is 1110. The van der Waals surface area contributed by atoms with Gasteiger partial charge in [0.1, 0.15) is 12.4 Å². The number of hydrogen-bond donors (Lipinski definition) is 3. The second-order valence-electron chi connectivity index (χ2n) is 7.59. The van der Waals surface area contributed by atoms with Crippen molar-refractivity contribution in [3.05, 3.63) is 82.4 Å². The number of nitrogens with one attached hydrogen (secondary N) is 3. The predicted molar refractivity (Wildman–Crippen MR) is 119 cm³/mol. The van der Waals surface area contributed by atoms with E-state index in [0.29, 0.717) is 6.61 Å². The van der Waals surface area contributed by atoms with Crippen molar-refractivity contribution < 1.29 is 9.53 Å². The minimum atomic E-state index is -0.268. The number of rotatable bonds is 5. The van der Waals surface area contributed by atoms with Crippen LogP contribution >= 0.6 is 0 Å². The molecule has 1 aliphatic rings. The molecule has 0 unspecified atom stereocenters.